The number of benzene rings is 2. The van der Waals surface area contributed by atoms with Crippen LogP contribution in [0.5, 0.6) is 0 Å². The maximum Gasteiger partial charge on any atom is 0.493 e. The summed E-state index contributed by atoms with van der Waals surface area (Å²) in [6.07, 6.45) is 4.18. The smallest absolute Gasteiger partial charge is 0.410 e. The highest BCUT2D eigenvalue weighted by molar-refractivity contribution is 6.61. The molecule has 0 unspecified atom stereocenters. The van der Waals surface area contributed by atoms with Crippen molar-refractivity contribution in [1.82, 2.24) is 0 Å². The highest BCUT2D eigenvalue weighted by atomic mass is 16.6. The average molecular weight is 280 g/mol. The molecule has 0 N–H and O–H groups in total. The lowest BCUT2D eigenvalue weighted by molar-refractivity contribution is 0.291. The van der Waals surface area contributed by atoms with Crippen molar-refractivity contribution in [2.24, 2.45) is 0 Å². The molecule has 0 atom stereocenters. The molecule has 0 saturated heterocycles. The molecule has 0 aromatic heterocycles. The van der Waals surface area contributed by atoms with Crippen LogP contribution in [0, 0.1) is 0 Å². The summed E-state index contributed by atoms with van der Waals surface area (Å²) >= 11 is 0. The normalized spacial score (nSPS) is 13.8. The van der Waals surface area contributed by atoms with E-state index in [-0.39, 0.29) is 7.12 Å². The molecular formula is C18H21BO2. The topological polar surface area (TPSA) is 18.5 Å². The third kappa shape index (κ3) is 3.20. The van der Waals surface area contributed by atoms with Gasteiger partial charge in [-0.25, -0.2) is 0 Å². The fourth-order valence-electron chi connectivity index (χ4n) is 3.04. The van der Waals surface area contributed by atoms with E-state index in [4.69, 9.17) is 9.31 Å². The van der Waals surface area contributed by atoms with Crippen LogP contribution in [0.2, 0.25) is 0 Å². The minimum absolute atomic E-state index is 0.274. The van der Waals surface area contributed by atoms with E-state index in [1.807, 2.05) is 0 Å². The van der Waals surface area contributed by atoms with Gasteiger partial charge in [-0.2, -0.15) is 0 Å². The largest absolute Gasteiger partial charge is 0.493 e. The molecule has 0 aliphatic heterocycles. The summed E-state index contributed by atoms with van der Waals surface area (Å²) < 4.78 is 11.0. The summed E-state index contributed by atoms with van der Waals surface area (Å²) in [5.74, 6) is 0. The summed E-state index contributed by atoms with van der Waals surface area (Å²) in [6, 6.07) is 15.8. The molecule has 0 amide bonds. The van der Waals surface area contributed by atoms with Gasteiger partial charge >= 0.3 is 7.12 Å². The zero-order valence-electron chi connectivity index (χ0n) is 12.8. The van der Waals surface area contributed by atoms with E-state index in [1.165, 1.54) is 27.7 Å². The molecule has 2 aromatic rings. The Balaban J connectivity index is 1.99. The fourth-order valence-corrected chi connectivity index (χ4v) is 3.04. The van der Waals surface area contributed by atoms with Gasteiger partial charge in [-0.1, -0.05) is 42.5 Å². The SMILES string of the molecule is COB(OC)c1cc2ccc1CCc1ccc(cc1)CC2. The van der Waals surface area contributed by atoms with Crippen LogP contribution in [0.15, 0.2) is 42.5 Å². The van der Waals surface area contributed by atoms with Gasteiger partial charge in [0.25, 0.3) is 0 Å². The lowest BCUT2D eigenvalue weighted by Gasteiger charge is -2.17. The van der Waals surface area contributed by atoms with Crippen molar-refractivity contribution in [2.75, 3.05) is 14.2 Å². The molecule has 108 valence electrons. The molecule has 4 aliphatic rings. The maximum absolute atomic E-state index is 5.48. The van der Waals surface area contributed by atoms with Crippen LogP contribution in [0.4, 0.5) is 0 Å². The standard InChI is InChI=1S/C18H21BO2/c1-20-19(21-2)18-13-16-8-7-14-3-5-15(6-4-14)9-11-17(18)12-10-16/h3-6,10,12-13H,7-9,11H2,1-2H3. The van der Waals surface area contributed by atoms with Crippen molar-refractivity contribution in [3.05, 3.63) is 64.7 Å². The Hall–Kier alpha value is -1.58. The van der Waals surface area contributed by atoms with E-state index in [0.717, 1.165) is 25.7 Å². The zero-order valence-corrected chi connectivity index (χ0v) is 12.8. The van der Waals surface area contributed by atoms with Crippen LogP contribution in [0.1, 0.15) is 22.3 Å². The molecule has 6 rings (SSSR count). The molecule has 0 heterocycles. The lowest BCUT2D eigenvalue weighted by atomic mass is 9.73. The second-order valence-corrected chi connectivity index (χ2v) is 5.65. The van der Waals surface area contributed by atoms with E-state index >= 15 is 0 Å². The first kappa shape index (κ1) is 14.4. The van der Waals surface area contributed by atoms with E-state index in [0.29, 0.717) is 0 Å². The van der Waals surface area contributed by atoms with Gasteiger partial charge in [-0.15, -0.1) is 0 Å². The predicted molar refractivity (Wildman–Crippen MR) is 87.1 cm³/mol. The van der Waals surface area contributed by atoms with Crippen LogP contribution in [-0.4, -0.2) is 21.3 Å². The van der Waals surface area contributed by atoms with E-state index in [9.17, 15) is 0 Å². The fraction of sp³-hybridized carbons (Fsp3) is 0.333. The Morgan fingerprint density at radius 1 is 0.714 bits per heavy atom. The first-order valence-corrected chi connectivity index (χ1v) is 7.55. The van der Waals surface area contributed by atoms with E-state index in [2.05, 4.69) is 42.5 Å². The lowest BCUT2D eigenvalue weighted by Crippen LogP contribution is -2.38. The van der Waals surface area contributed by atoms with Crippen LogP contribution in [0.3, 0.4) is 0 Å². The molecule has 4 bridgehead atoms. The van der Waals surface area contributed by atoms with Gasteiger partial charge in [0.1, 0.15) is 0 Å². The Morgan fingerprint density at radius 2 is 1.24 bits per heavy atom. The third-order valence-electron chi connectivity index (χ3n) is 4.30. The maximum atomic E-state index is 5.48. The van der Waals surface area contributed by atoms with Crippen LogP contribution in [0.25, 0.3) is 0 Å². The zero-order chi connectivity index (χ0) is 14.7. The highest BCUT2D eigenvalue weighted by Gasteiger charge is 2.22. The van der Waals surface area contributed by atoms with Crippen molar-refractivity contribution in [3.63, 3.8) is 0 Å². The summed E-state index contributed by atoms with van der Waals surface area (Å²) in [7, 11) is 3.13. The van der Waals surface area contributed by atoms with Crippen molar-refractivity contribution < 1.29 is 9.31 Å². The Kier molecular flexibility index (Phi) is 4.42. The Morgan fingerprint density at radius 3 is 1.86 bits per heavy atom. The molecule has 0 fully saturated rings. The summed E-state index contributed by atoms with van der Waals surface area (Å²) in [4.78, 5) is 0. The van der Waals surface area contributed by atoms with Crippen molar-refractivity contribution in [2.45, 2.75) is 25.7 Å². The minimum atomic E-state index is -0.274. The van der Waals surface area contributed by atoms with Gasteiger partial charge in [-0.3, -0.25) is 0 Å². The van der Waals surface area contributed by atoms with Crippen molar-refractivity contribution in [1.29, 1.82) is 0 Å². The van der Waals surface area contributed by atoms with Gasteiger partial charge in [-0.05, 0) is 53.4 Å². The third-order valence-corrected chi connectivity index (χ3v) is 4.30. The Labute approximate surface area is 127 Å². The molecule has 2 aromatic carbocycles. The van der Waals surface area contributed by atoms with Crippen molar-refractivity contribution in [3.8, 4) is 0 Å². The van der Waals surface area contributed by atoms with E-state index in [1.54, 1.807) is 14.2 Å². The second kappa shape index (κ2) is 6.46. The molecule has 3 heteroatoms. The summed E-state index contributed by atoms with van der Waals surface area (Å²) in [5.41, 5.74) is 6.63. The molecule has 2 nitrogen and oxygen atoms in total. The van der Waals surface area contributed by atoms with Gasteiger partial charge < -0.3 is 9.31 Å². The number of hydrogen-bond donors (Lipinski definition) is 0. The van der Waals surface area contributed by atoms with Gasteiger partial charge in [0.05, 0.1) is 0 Å². The quantitative estimate of drug-likeness (QED) is 0.804. The van der Waals surface area contributed by atoms with Crippen LogP contribution < -0.4 is 5.46 Å². The second-order valence-electron chi connectivity index (χ2n) is 5.65. The molecule has 0 radical (unpaired) electrons. The van der Waals surface area contributed by atoms with Crippen molar-refractivity contribution >= 4 is 12.6 Å². The van der Waals surface area contributed by atoms with Gasteiger partial charge in [0.2, 0.25) is 0 Å². The number of hydrogen-bond acceptors (Lipinski definition) is 2. The molecular weight excluding hydrogens is 259 g/mol. The molecule has 4 aliphatic carbocycles. The van der Waals surface area contributed by atoms with Gasteiger partial charge in [0.15, 0.2) is 0 Å². The first-order valence-electron chi connectivity index (χ1n) is 7.55. The number of rotatable bonds is 3. The van der Waals surface area contributed by atoms with Crippen LogP contribution >= 0.6 is 0 Å². The summed E-state index contributed by atoms with van der Waals surface area (Å²) in [5, 5.41) is 0. The predicted octanol–water partition coefficient (Wildman–Crippen LogP) is 2.56. The van der Waals surface area contributed by atoms with Crippen LogP contribution in [-0.2, 0) is 35.0 Å². The highest BCUT2D eigenvalue weighted by Crippen LogP contribution is 2.15. The van der Waals surface area contributed by atoms with E-state index < -0.39 is 0 Å². The monoisotopic (exact) mass is 280 g/mol. The number of aryl methyl sites for hydroxylation is 4. The molecule has 0 saturated carbocycles. The molecule has 0 spiro atoms. The minimum Gasteiger partial charge on any atom is -0.410 e. The average Bonchev–Trinajstić information content (AvgIpc) is 2.52. The molecule has 21 heavy (non-hydrogen) atoms. The van der Waals surface area contributed by atoms with Gasteiger partial charge in [0, 0.05) is 14.2 Å². The first-order chi connectivity index (χ1) is 10.3. The summed E-state index contributed by atoms with van der Waals surface area (Å²) in [6.45, 7) is 0. The Bertz CT molecular complexity index is 603.